The smallest absolute Gasteiger partial charge is 0.407 e. The van der Waals surface area contributed by atoms with Crippen LogP contribution >= 0.6 is 0 Å². The highest BCUT2D eigenvalue weighted by Crippen LogP contribution is 2.12. The highest BCUT2D eigenvalue weighted by Gasteiger charge is 2.37. The Kier molecular flexibility index (Phi) is 2.77. The lowest BCUT2D eigenvalue weighted by atomic mass is 10.2. The van der Waals surface area contributed by atoms with E-state index in [0.29, 0.717) is 0 Å². The quantitative estimate of drug-likeness (QED) is 0.548. The summed E-state index contributed by atoms with van der Waals surface area (Å²) >= 11 is 0. The van der Waals surface area contributed by atoms with Gasteiger partial charge in [0.25, 0.3) is 0 Å². The standard InChI is InChI=1S/C6H11NO5S/c1-12-6(9)7-4-2-13(10,11)3-5(4)8/h4-5,8H,2-3H2,1H3,(H,7,9)/t4-,5-/m0/s1. The van der Waals surface area contributed by atoms with Crippen molar-refractivity contribution in [2.75, 3.05) is 18.6 Å². The molecule has 0 radical (unpaired) electrons. The van der Waals surface area contributed by atoms with Crippen LogP contribution in [0.1, 0.15) is 0 Å². The second-order valence-electron chi connectivity index (χ2n) is 2.89. The molecule has 1 rings (SSSR count). The van der Waals surface area contributed by atoms with Crippen molar-refractivity contribution in [1.82, 2.24) is 5.32 Å². The fourth-order valence-electron chi connectivity index (χ4n) is 1.18. The summed E-state index contributed by atoms with van der Waals surface area (Å²) in [5.74, 6) is -0.537. The SMILES string of the molecule is COC(=O)N[C@H]1CS(=O)(=O)C[C@@H]1O. The van der Waals surface area contributed by atoms with E-state index >= 15 is 0 Å². The van der Waals surface area contributed by atoms with E-state index in [1.54, 1.807) is 0 Å². The molecule has 6 nitrogen and oxygen atoms in total. The number of amides is 1. The van der Waals surface area contributed by atoms with Gasteiger partial charge in [-0.15, -0.1) is 0 Å². The van der Waals surface area contributed by atoms with Crippen LogP contribution in [-0.4, -0.2) is 50.4 Å². The average molecular weight is 209 g/mol. The van der Waals surface area contributed by atoms with Crippen molar-refractivity contribution in [2.24, 2.45) is 0 Å². The molecule has 1 heterocycles. The Morgan fingerprint density at radius 3 is 2.54 bits per heavy atom. The van der Waals surface area contributed by atoms with E-state index in [1.165, 1.54) is 7.11 Å². The summed E-state index contributed by atoms with van der Waals surface area (Å²) in [7, 11) is -2.05. The number of alkyl carbamates (subject to hydrolysis) is 1. The Morgan fingerprint density at radius 1 is 1.54 bits per heavy atom. The molecule has 1 aliphatic rings. The van der Waals surface area contributed by atoms with E-state index in [2.05, 4.69) is 10.1 Å². The predicted octanol–water partition coefficient (Wildman–Crippen LogP) is -1.50. The van der Waals surface area contributed by atoms with Crippen LogP contribution in [0.4, 0.5) is 4.79 Å². The molecular weight excluding hydrogens is 198 g/mol. The zero-order valence-corrected chi connectivity index (χ0v) is 7.87. The predicted molar refractivity (Wildman–Crippen MR) is 44.0 cm³/mol. The van der Waals surface area contributed by atoms with Crippen molar-refractivity contribution in [3.63, 3.8) is 0 Å². The molecule has 0 saturated carbocycles. The minimum atomic E-state index is -3.22. The number of aliphatic hydroxyl groups excluding tert-OH is 1. The van der Waals surface area contributed by atoms with Gasteiger partial charge in [0.1, 0.15) is 0 Å². The van der Waals surface area contributed by atoms with Crippen molar-refractivity contribution in [3.8, 4) is 0 Å². The van der Waals surface area contributed by atoms with Gasteiger partial charge in [-0.2, -0.15) is 0 Å². The maximum Gasteiger partial charge on any atom is 0.407 e. The van der Waals surface area contributed by atoms with Crippen molar-refractivity contribution in [1.29, 1.82) is 0 Å². The molecule has 2 atom stereocenters. The van der Waals surface area contributed by atoms with E-state index in [1.807, 2.05) is 0 Å². The van der Waals surface area contributed by atoms with Gasteiger partial charge in [-0.3, -0.25) is 0 Å². The Hall–Kier alpha value is -0.820. The van der Waals surface area contributed by atoms with Gasteiger partial charge >= 0.3 is 6.09 Å². The number of carbonyl (C=O) groups excluding carboxylic acids is 1. The molecule has 1 aliphatic heterocycles. The zero-order chi connectivity index (χ0) is 10.1. The largest absolute Gasteiger partial charge is 0.453 e. The number of ether oxygens (including phenoxy) is 1. The van der Waals surface area contributed by atoms with Gasteiger partial charge in [0.15, 0.2) is 9.84 Å². The molecule has 2 N–H and O–H groups in total. The number of rotatable bonds is 1. The molecule has 0 aromatic rings. The Bertz CT molecular complexity index is 298. The van der Waals surface area contributed by atoms with Gasteiger partial charge in [-0.25, -0.2) is 13.2 Å². The third-order valence-corrected chi connectivity index (χ3v) is 3.53. The number of hydrogen-bond donors (Lipinski definition) is 2. The lowest BCUT2D eigenvalue weighted by Gasteiger charge is -2.12. The lowest BCUT2D eigenvalue weighted by molar-refractivity contribution is 0.138. The van der Waals surface area contributed by atoms with E-state index in [9.17, 15) is 18.3 Å². The molecule has 0 aromatic carbocycles. The third-order valence-electron chi connectivity index (χ3n) is 1.81. The number of nitrogens with one attached hydrogen (secondary N) is 1. The van der Waals surface area contributed by atoms with Gasteiger partial charge < -0.3 is 15.2 Å². The summed E-state index contributed by atoms with van der Waals surface area (Å²) in [5.41, 5.74) is 0. The van der Waals surface area contributed by atoms with Crippen LogP contribution < -0.4 is 5.32 Å². The fourth-order valence-corrected chi connectivity index (χ4v) is 2.92. The first-order valence-corrected chi connectivity index (χ1v) is 5.50. The molecular formula is C6H11NO5S. The van der Waals surface area contributed by atoms with Gasteiger partial charge in [-0.05, 0) is 0 Å². The maximum atomic E-state index is 11.0. The number of aliphatic hydroxyl groups is 1. The Morgan fingerprint density at radius 2 is 2.15 bits per heavy atom. The topological polar surface area (TPSA) is 92.7 Å². The maximum absolute atomic E-state index is 11.0. The van der Waals surface area contributed by atoms with E-state index < -0.39 is 28.1 Å². The highest BCUT2D eigenvalue weighted by molar-refractivity contribution is 7.91. The number of hydrogen-bond acceptors (Lipinski definition) is 5. The molecule has 1 amide bonds. The normalized spacial score (nSPS) is 31.2. The lowest BCUT2D eigenvalue weighted by Crippen LogP contribution is -2.42. The van der Waals surface area contributed by atoms with Crippen molar-refractivity contribution in [2.45, 2.75) is 12.1 Å². The number of sulfone groups is 1. The summed E-state index contributed by atoms with van der Waals surface area (Å²) in [5, 5.41) is 11.5. The molecule has 76 valence electrons. The monoisotopic (exact) mass is 209 g/mol. The second-order valence-corrected chi connectivity index (χ2v) is 5.04. The molecule has 0 unspecified atom stereocenters. The van der Waals surface area contributed by atoms with E-state index in [4.69, 9.17) is 0 Å². The summed E-state index contributed by atoms with van der Waals surface area (Å²) in [6.07, 6.45) is -1.77. The molecule has 0 spiro atoms. The number of carbonyl (C=O) groups is 1. The van der Waals surface area contributed by atoms with Crippen molar-refractivity contribution >= 4 is 15.9 Å². The fraction of sp³-hybridized carbons (Fsp3) is 0.833. The molecule has 7 heteroatoms. The highest BCUT2D eigenvalue weighted by atomic mass is 32.2. The van der Waals surface area contributed by atoms with Gasteiger partial charge in [-0.1, -0.05) is 0 Å². The first-order chi connectivity index (χ1) is 5.94. The van der Waals surface area contributed by atoms with Crippen LogP contribution in [0, 0.1) is 0 Å². The van der Waals surface area contributed by atoms with Crippen molar-refractivity contribution < 1.29 is 23.1 Å². The summed E-state index contributed by atoms with van der Waals surface area (Å²) in [4.78, 5) is 10.7. The molecule has 0 bridgehead atoms. The molecule has 0 aliphatic carbocycles. The van der Waals surface area contributed by atoms with Gasteiger partial charge in [0.2, 0.25) is 0 Å². The molecule has 1 fully saturated rings. The average Bonchev–Trinajstić information content (AvgIpc) is 2.24. The molecule has 1 saturated heterocycles. The van der Waals surface area contributed by atoms with Crippen LogP contribution in [0.3, 0.4) is 0 Å². The van der Waals surface area contributed by atoms with Crippen LogP contribution in [0.15, 0.2) is 0 Å². The third kappa shape index (κ3) is 2.56. The van der Waals surface area contributed by atoms with Crippen LogP contribution in [-0.2, 0) is 14.6 Å². The summed E-state index contributed by atoms with van der Waals surface area (Å²) in [6.45, 7) is 0. The first kappa shape index (κ1) is 10.3. The minimum Gasteiger partial charge on any atom is -0.453 e. The van der Waals surface area contributed by atoms with E-state index in [-0.39, 0.29) is 11.5 Å². The molecule has 0 aromatic heterocycles. The summed E-state index contributed by atoms with van der Waals surface area (Å²) < 4.78 is 26.2. The zero-order valence-electron chi connectivity index (χ0n) is 7.06. The second kappa shape index (κ2) is 3.51. The van der Waals surface area contributed by atoms with Crippen molar-refractivity contribution in [3.05, 3.63) is 0 Å². The minimum absolute atomic E-state index is 0.233. The Labute approximate surface area is 75.8 Å². The number of methoxy groups -OCH3 is 1. The van der Waals surface area contributed by atoms with E-state index in [0.717, 1.165) is 0 Å². The van der Waals surface area contributed by atoms with Gasteiger partial charge in [0, 0.05) is 0 Å². The van der Waals surface area contributed by atoms with Crippen LogP contribution in [0.2, 0.25) is 0 Å². The Balaban J connectivity index is 2.59. The molecule has 13 heavy (non-hydrogen) atoms. The van der Waals surface area contributed by atoms with Crippen LogP contribution in [0.5, 0.6) is 0 Å². The summed E-state index contributed by atoms with van der Waals surface area (Å²) in [6, 6.07) is -0.752. The first-order valence-electron chi connectivity index (χ1n) is 3.67. The van der Waals surface area contributed by atoms with Crippen LogP contribution in [0.25, 0.3) is 0 Å². The van der Waals surface area contributed by atoms with Gasteiger partial charge in [0.05, 0.1) is 30.8 Å².